The van der Waals surface area contributed by atoms with Crippen molar-refractivity contribution >= 4 is 23.2 Å². The number of benzene rings is 2. The van der Waals surface area contributed by atoms with Crippen molar-refractivity contribution < 1.29 is 9.59 Å². The van der Waals surface area contributed by atoms with E-state index in [9.17, 15) is 9.59 Å². The lowest BCUT2D eigenvalue weighted by Gasteiger charge is -2.37. The Morgan fingerprint density at radius 3 is 2.44 bits per heavy atom. The monoisotopic (exact) mass is 543 g/mol. The molecule has 206 valence electrons. The molecule has 5 nitrogen and oxygen atoms in total. The van der Waals surface area contributed by atoms with Gasteiger partial charge in [0.2, 0.25) is 5.91 Å². The van der Waals surface area contributed by atoms with Gasteiger partial charge in [0.05, 0.1) is 12.6 Å². The summed E-state index contributed by atoms with van der Waals surface area (Å²) < 4.78 is 0. The summed E-state index contributed by atoms with van der Waals surface area (Å²) in [5, 5.41) is 2.18. The second-order valence-corrected chi connectivity index (χ2v) is 12.0. The maximum Gasteiger partial charge on any atom is 0.253 e. The Bertz CT molecular complexity index is 1270. The van der Waals surface area contributed by atoms with Crippen molar-refractivity contribution in [3.8, 4) is 0 Å². The summed E-state index contributed by atoms with van der Waals surface area (Å²) >= 11 is 1.83. The van der Waals surface area contributed by atoms with Crippen LogP contribution in [0.5, 0.6) is 0 Å². The normalized spacial score (nSPS) is 18.1. The van der Waals surface area contributed by atoms with E-state index >= 15 is 0 Å². The van der Waals surface area contributed by atoms with Crippen LogP contribution in [0, 0.1) is 6.92 Å². The summed E-state index contributed by atoms with van der Waals surface area (Å²) in [5.74, 6) is 0.239. The van der Waals surface area contributed by atoms with Crippen molar-refractivity contribution in [3.63, 3.8) is 0 Å². The number of rotatable bonds is 8. The van der Waals surface area contributed by atoms with Gasteiger partial charge in [-0.05, 0) is 78.4 Å². The van der Waals surface area contributed by atoms with E-state index in [4.69, 9.17) is 0 Å². The zero-order chi connectivity index (χ0) is 27.2. The second kappa shape index (κ2) is 12.9. The molecule has 2 amide bonds. The zero-order valence-electron chi connectivity index (χ0n) is 23.4. The number of hydrogen-bond donors (Lipinski definition) is 0. The lowest BCUT2D eigenvalue weighted by atomic mass is 9.90. The summed E-state index contributed by atoms with van der Waals surface area (Å²) in [7, 11) is 0. The Kier molecular flexibility index (Phi) is 9.15. The number of carbonyl (C=O) groups is 2. The van der Waals surface area contributed by atoms with Gasteiger partial charge in [-0.25, -0.2) is 0 Å². The van der Waals surface area contributed by atoms with Crippen LogP contribution < -0.4 is 0 Å². The van der Waals surface area contributed by atoms with Crippen LogP contribution in [-0.4, -0.2) is 65.8 Å². The van der Waals surface area contributed by atoms with Crippen LogP contribution >= 0.6 is 11.3 Å². The van der Waals surface area contributed by atoms with E-state index in [1.54, 1.807) is 0 Å². The fourth-order valence-corrected chi connectivity index (χ4v) is 6.92. The van der Waals surface area contributed by atoms with Gasteiger partial charge >= 0.3 is 0 Å². The highest BCUT2D eigenvalue weighted by atomic mass is 32.1. The smallest absolute Gasteiger partial charge is 0.253 e. The van der Waals surface area contributed by atoms with E-state index in [0.717, 1.165) is 31.4 Å². The standard InChI is InChI=1S/C33H41N3O2S/c1-3-4-5-10-26-12-14-27(15-13-26)33(38)35-19-8-18-34(21-22-35)31(37)24-36-20-16-30-29(17-23-39-30)32(36)28-11-7-6-9-25(28)2/h6-7,9,11-15,17,23,32H,3-5,8,10,16,18-22,24H2,1-2H3/t32-/m1/s1. The van der Waals surface area contributed by atoms with E-state index in [1.807, 2.05) is 33.3 Å². The van der Waals surface area contributed by atoms with Crippen LogP contribution in [-0.2, 0) is 17.6 Å². The van der Waals surface area contributed by atoms with E-state index in [2.05, 4.69) is 66.6 Å². The van der Waals surface area contributed by atoms with Gasteiger partial charge in [0.25, 0.3) is 5.91 Å². The first-order valence-electron chi connectivity index (χ1n) is 14.6. The minimum atomic E-state index is 0.0741. The maximum absolute atomic E-state index is 13.6. The van der Waals surface area contributed by atoms with Crippen LogP contribution in [0.4, 0.5) is 0 Å². The molecular formula is C33H41N3O2S. The molecule has 5 rings (SSSR count). The quantitative estimate of drug-likeness (QED) is 0.322. The topological polar surface area (TPSA) is 43.9 Å². The number of nitrogens with zero attached hydrogens (tertiary/aromatic N) is 3. The highest BCUT2D eigenvalue weighted by molar-refractivity contribution is 7.10. The Morgan fingerprint density at radius 1 is 0.872 bits per heavy atom. The highest BCUT2D eigenvalue weighted by Gasteiger charge is 2.33. The second-order valence-electron chi connectivity index (χ2n) is 11.0. The molecule has 0 bridgehead atoms. The van der Waals surface area contributed by atoms with Crippen molar-refractivity contribution in [2.45, 2.75) is 58.4 Å². The first-order chi connectivity index (χ1) is 19.0. The summed E-state index contributed by atoms with van der Waals surface area (Å²) in [5.41, 5.74) is 5.93. The number of thiophene rings is 1. The molecule has 0 spiro atoms. The summed E-state index contributed by atoms with van der Waals surface area (Å²) in [6.45, 7) is 8.22. The Hall–Kier alpha value is -2.96. The van der Waals surface area contributed by atoms with Gasteiger partial charge in [0, 0.05) is 43.2 Å². The molecule has 3 heterocycles. The van der Waals surface area contributed by atoms with Crippen molar-refractivity contribution in [1.82, 2.24) is 14.7 Å². The predicted molar refractivity (Wildman–Crippen MR) is 159 cm³/mol. The van der Waals surface area contributed by atoms with Crippen molar-refractivity contribution in [2.75, 3.05) is 39.3 Å². The molecule has 1 saturated heterocycles. The maximum atomic E-state index is 13.6. The number of hydrogen-bond acceptors (Lipinski definition) is 4. The minimum absolute atomic E-state index is 0.0741. The van der Waals surface area contributed by atoms with Gasteiger partial charge in [0.15, 0.2) is 0 Å². The summed E-state index contributed by atoms with van der Waals surface area (Å²) in [6, 6.07) is 19.0. The largest absolute Gasteiger partial charge is 0.340 e. The van der Waals surface area contributed by atoms with Crippen LogP contribution in [0.3, 0.4) is 0 Å². The molecule has 0 N–H and O–H groups in total. The average Bonchev–Trinajstić information content (AvgIpc) is 3.29. The van der Waals surface area contributed by atoms with Crippen LogP contribution in [0.15, 0.2) is 60.0 Å². The molecule has 2 aliphatic rings. The molecule has 39 heavy (non-hydrogen) atoms. The van der Waals surface area contributed by atoms with Crippen molar-refractivity contribution in [1.29, 1.82) is 0 Å². The first-order valence-corrected chi connectivity index (χ1v) is 15.4. The van der Waals surface area contributed by atoms with Crippen LogP contribution in [0.1, 0.15) is 76.1 Å². The van der Waals surface area contributed by atoms with E-state index in [-0.39, 0.29) is 17.9 Å². The molecule has 0 aliphatic carbocycles. The van der Waals surface area contributed by atoms with Crippen LogP contribution in [0.2, 0.25) is 0 Å². The lowest BCUT2D eigenvalue weighted by Crippen LogP contribution is -2.45. The molecule has 2 aromatic carbocycles. The number of unbranched alkanes of at least 4 members (excludes halogenated alkanes) is 2. The number of aryl methyl sites for hydroxylation is 2. The molecule has 2 aliphatic heterocycles. The highest BCUT2D eigenvalue weighted by Crippen LogP contribution is 2.38. The average molecular weight is 544 g/mol. The minimum Gasteiger partial charge on any atom is -0.340 e. The third kappa shape index (κ3) is 6.44. The molecule has 1 aromatic heterocycles. The van der Waals surface area contributed by atoms with Crippen molar-refractivity contribution in [2.24, 2.45) is 0 Å². The molecule has 0 radical (unpaired) electrons. The predicted octanol–water partition coefficient (Wildman–Crippen LogP) is 6.11. The molecule has 0 unspecified atom stereocenters. The molecule has 1 atom stereocenters. The van der Waals surface area contributed by atoms with Gasteiger partial charge in [-0.3, -0.25) is 14.5 Å². The number of amides is 2. The summed E-state index contributed by atoms with van der Waals surface area (Å²) in [6.07, 6.45) is 6.51. The van der Waals surface area contributed by atoms with Gasteiger partial charge in [-0.15, -0.1) is 11.3 Å². The first kappa shape index (κ1) is 27.6. The zero-order valence-corrected chi connectivity index (χ0v) is 24.2. The fourth-order valence-electron chi connectivity index (χ4n) is 6.02. The van der Waals surface area contributed by atoms with Gasteiger partial charge in [-0.1, -0.05) is 56.2 Å². The molecule has 0 saturated carbocycles. The number of fused-ring (bicyclic) bond motifs is 1. The van der Waals surface area contributed by atoms with E-state index in [1.165, 1.54) is 46.4 Å². The fraction of sp³-hybridized carbons (Fsp3) is 0.455. The molecule has 6 heteroatoms. The van der Waals surface area contributed by atoms with Crippen LogP contribution in [0.25, 0.3) is 0 Å². The van der Waals surface area contributed by atoms with E-state index in [0.29, 0.717) is 32.7 Å². The Balaban J connectivity index is 1.21. The third-order valence-corrected chi connectivity index (χ3v) is 9.29. The lowest BCUT2D eigenvalue weighted by molar-refractivity contribution is -0.132. The van der Waals surface area contributed by atoms with Crippen molar-refractivity contribution in [3.05, 3.63) is 92.7 Å². The van der Waals surface area contributed by atoms with Gasteiger partial charge in [-0.2, -0.15) is 0 Å². The molecule has 1 fully saturated rings. The number of carbonyl (C=O) groups excluding carboxylic acids is 2. The Labute approximate surface area is 237 Å². The van der Waals surface area contributed by atoms with Gasteiger partial charge in [0.1, 0.15) is 0 Å². The SMILES string of the molecule is CCCCCc1ccc(C(=O)N2CCCN(C(=O)CN3CCc4sccc4[C@H]3c3ccccc3C)CC2)cc1. The summed E-state index contributed by atoms with van der Waals surface area (Å²) in [4.78, 5) is 34.6. The Morgan fingerprint density at radius 2 is 1.64 bits per heavy atom. The van der Waals surface area contributed by atoms with Gasteiger partial charge < -0.3 is 9.80 Å². The molecular weight excluding hydrogens is 502 g/mol. The van der Waals surface area contributed by atoms with E-state index < -0.39 is 0 Å². The molecule has 3 aromatic rings. The third-order valence-electron chi connectivity index (χ3n) is 8.29.